The highest BCUT2D eigenvalue weighted by atomic mass is 16.5. The molecule has 0 spiro atoms. The maximum Gasteiger partial charge on any atom is 0.228 e. The van der Waals surface area contributed by atoms with Crippen LogP contribution in [0.15, 0.2) is 18.2 Å². The van der Waals surface area contributed by atoms with E-state index in [2.05, 4.69) is 12.1 Å². The minimum absolute atomic E-state index is 0.128. The monoisotopic (exact) mass is 275 g/mol. The van der Waals surface area contributed by atoms with E-state index in [0.717, 1.165) is 43.6 Å². The molecular weight excluding hydrogens is 254 g/mol. The highest BCUT2D eigenvalue weighted by Crippen LogP contribution is 2.54. The average molecular weight is 275 g/mol. The van der Waals surface area contributed by atoms with Crippen molar-refractivity contribution in [1.29, 1.82) is 0 Å². The average Bonchev–Trinajstić information content (AvgIpc) is 3.33. The topological polar surface area (TPSA) is 61.6 Å². The molecule has 108 valence electrons. The highest BCUT2D eigenvalue weighted by molar-refractivity contribution is 5.90. The number of rotatable bonds is 6. The van der Waals surface area contributed by atoms with Crippen molar-refractivity contribution in [3.8, 4) is 5.75 Å². The van der Waals surface area contributed by atoms with Gasteiger partial charge in [-0.05, 0) is 37.3 Å². The van der Waals surface area contributed by atoms with Gasteiger partial charge in [-0.3, -0.25) is 4.79 Å². The van der Waals surface area contributed by atoms with Crippen molar-refractivity contribution < 1.29 is 14.3 Å². The summed E-state index contributed by atoms with van der Waals surface area (Å²) in [4.78, 5) is 11.8. The molecule has 0 atom stereocenters. The minimum Gasteiger partial charge on any atom is -0.496 e. The van der Waals surface area contributed by atoms with Gasteiger partial charge in [0.15, 0.2) is 0 Å². The molecular formula is C16H21NO3. The molecule has 0 radical (unpaired) electrons. The molecule has 2 N–H and O–H groups in total. The van der Waals surface area contributed by atoms with Gasteiger partial charge < -0.3 is 15.2 Å². The molecule has 0 bridgehead atoms. The molecule has 2 aliphatic rings. The molecule has 1 aromatic carbocycles. The highest BCUT2D eigenvalue weighted by Gasteiger charge is 2.53. The Kier molecular flexibility index (Phi) is 3.01. The Bertz CT molecular complexity index is 545. The first kappa shape index (κ1) is 13.4. The molecule has 0 heterocycles. The van der Waals surface area contributed by atoms with Gasteiger partial charge in [-0.1, -0.05) is 12.1 Å². The van der Waals surface area contributed by atoms with Crippen molar-refractivity contribution in [1.82, 2.24) is 0 Å². The molecule has 1 amide bonds. The molecule has 0 saturated heterocycles. The molecule has 1 aromatic rings. The summed E-state index contributed by atoms with van der Waals surface area (Å²) in [6, 6.07) is 6.16. The number of hydrogen-bond donors (Lipinski definition) is 1. The van der Waals surface area contributed by atoms with Crippen molar-refractivity contribution in [2.24, 2.45) is 5.73 Å². The molecule has 2 aliphatic carbocycles. The summed E-state index contributed by atoms with van der Waals surface area (Å²) in [6.07, 6.45) is 3.91. The Morgan fingerprint density at radius 2 is 1.95 bits per heavy atom. The molecule has 0 aromatic heterocycles. The second-order valence-corrected chi connectivity index (χ2v) is 6.07. The second-order valence-electron chi connectivity index (χ2n) is 6.07. The zero-order valence-electron chi connectivity index (χ0n) is 12.1. The van der Waals surface area contributed by atoms with Crippen LogP contribution in [-0.2, 0) is 20.4 Å². The smallest absolute Gasteiger partial charge is 0.228 e. The van der Waals surface area contributed by atoms with Crippen LogP contribution < -0.4 is 10.5 Å². The van der Waals surface area contributed by atoms with Gasteiger partial charge in [0.25, 0.3) is 0 Å². The van der Waals surface area contributed by atoms with Crippen molar-refractivity contribution in [2.45, 2.75) is 36.5 Å². The standard InChI is InChI=1S/C16H21NO3/c1-19-10-15(5-6-15)11-3-4-13(20-2)12(9-11)16(7-8-16)14(17)18/h3-4,9H,5-8,10H2,1-2H3,(H2,17,18). The van der Waals surface area contributed by atoms with Crippen LogP contribution in [0.2, 0.25) is 0 Å². The van der Waals surface area contributed by atoms with Gasteiger partial charge in [-0.25, -0.2) is 0 Å². The third kappa shape index (κ3) is 1.90. The normalized spacial score (nSPS) is 21.3. The first-order valence-electron chi connectivity index (χ1n) is 7.06. The number of benzene rings is 1. The van der Waals surface area contributed by atoms with E-state index in [-0.39, 0.29) is 11.3 Å². The molecule has 2 saturated carbocycles. The van der Waals surface area contributed by atoms with Gasteiger partial charge in [0.2, 0.25) is 5.91 Å². The Morgan fingerprint density at radius 3 is 2.40 bits per heavy atom. The lowest BCUT2D eigenvalue weighted by Crippen LogP contribution is -2.29. The summed E-state index contributed by atoms with van der Waals surface area (Å²) in [5, 5.41) is 0. The van der Waals surface area contributed by atoms with Crippen LogP contribution in [0.5, 0.6) is 5.75 Å². The van der Waals surface area contributed by atoms with E-state index in [0.29, 0.717) is 0 Å². The van der Waals surface area contributed by atoms with Crippen molar-refractivity contribution in [2.75, 3.05) is 20.8 Å². The maximum atomic E-state index is 11.8. The summed E-state index contributed by atoms with van der Waals surface area (Å²) < 4.78 is 10.8. The maximum absolute atomic E-state index is 11.8. The van der Waals surface area contributed by atoms with Crippen LogP contribution in [0, 0.1) is 0 Å². The number of nitrogens with two attached hydrogens (primary N) is 1. The predicted molar refractivity (Wildman–Crippen MR) is 75.9 cm³/mol. The van der Waals surface area contributed by atoms with Gasteiger partial charge in [0.1, 0.15) is 5.75 Å². The largest absolute Gasteiger partial charge is 0.496 e. The zero-order chi connectivity index (χ0) is 14.4. The number of carbonyl (C=O) groups excluding carboxylic acids is 1. The van der Waals surface area contributed by atoms with Gasteiger partial charge in [-0.2, -0.15) is 0 Å². The predicted octanol–water partition coefficient (Wildman–Crippen LogP) is 1.89. The van der Waals surface area contributed by atoms with Crippen LogP contribution in [0.4, 0.5) is 0 Å². The Labute approximate surface area is 119 Å². The third-order valence-corrected chi connectivity index (χ3v) is 4.82. The summed E-state index contributed by atoms with van der Waals surface area (Å²) in [5.41, 5.74) is 7.41. The van der Waals surface area contributed by atoms with E-state index in [1.54, 1.807) is 14.2 Å². The van der Waals surface area contributed by atoms with E-state index in [9.17, 15) is 4.79 Å². The molecule has 4 nitrogen and oxygen atoms in total. The quantitative estimate of drug-likeness (QED) is 0.862. The van der Waals surface area contributed by atoms with Crippen molar-refractivity contribution in [3.63, 3.8) is 0 Å². The second kappa shape index (κ2) is 4.48. The van der Waals surface area contributed by atoms with Crippen LogP contribution in [0.25, 0.3) is 0 Å². The summed E-state index contributed by atoms with van der Waals surface area (Å²) in [6.45, 7) is 0.725. The van der Waals surface area contributed by atoms with Crippen molar-refractivity contribution >= 4 is 5.91 Å². The van der Waals surface area contributed by atoms with Crippen LogP contribution >= 0.6 is 0 Å². The summed E-state index contributed by atoms with van der Waals surface area (Å²) in [7, 11) is 3.37. The molecule has 4 heteroatoms. The van der Waals surface area contributed by atoms with E-state index < -0.39 is 5.41 Å². The number of carbonyl (C=O) groups is 1. The molecule has 20 heavy (non-hydrogen) atoms. The number of methoxy groups -OCH3 is 2. The lowest BCUT2D eigenvalue weighted by molar-refractivity contribution is -0.120. The van der Waals surface area contributed by atoms with Crippen molar-refractivity contribution in [3.05, 3.63) is 29.3 Å². The van der Waals surface area contributed by atoms with E-state index in [1.165, 1.54) is 5.56 Å². The van der Waals surface area contributed by atoms with Crippen LogP contribution in [-0.4, -0.2) is 26.7 Å². The number of amides is 1. The van der Waals surface area contributed by atoms with Gasteiger partial charge >= 0.3 is 0 Å². The number of ether oxygens (including phenoxy) is 2. The SMILES string of the molecule is COCC1(c2ccc(OC)c(C3(C(N)=O)CC3)c2)CC1. The molecule has 2 fully saturated rings. The fourth-order valence-electron chi connectivity index (χ4n) is 3.13. The molecule has 3 rings (SSSR count). The Morgan fingerprint density at radius 1 is 1.25 bits per heavy atom. The summed E-state index contributed by atoms with van der Waals surface area (Å²) >= 11 is 0. The van der Waals surface area contributed by atoms with E-state index >= 15 is 0 Å². The van der Waals surface area contributed by atoms with Gasteiger partial charge in [-0.15, -0.1) is 0 Å². The molecule has 0 unspecified atom stereocenters. The van der Waals surface area contributed by atoms with Gasteiger partial charge in [0.05, 0.1) is 19.1 Å². The van der Waals surface area contributed by atoms with Gasteiger partial charge in [0, 0.05) is 18.1 Å². The van der Waals surface area contributed by atoms with E-state index in [4.69, 9.17) is 15.2 Å². The lowest BCUT2D eigenvalue weighted by Gasteiger charge is -2.20. The minimum atomic E-state index is -0.509. The lowest BCUT2D eigenvalue weighted by atomic mass is 9.88. The van der Waals surface area contributed by atoms with E-state index in [1.807, 2.05) is 6.07 Å². The van der Waals surface area contributed by atoms with Crippen LogP contribution in [0.3, 0.4) is 0 Å². The fourth-order valence-corrected chi connectivity index (χ4v) is 3.13. The fraction of sp³-hybridized carbons (Fsp3) is 0.562. The first-order valence-corrected chi connectivity index (χ1v) is 7.06. The first-order chi connectivity index (χ1) is 9.58. The molecule has 0 aliphatic heterocycles. The van der Waals surface area contributed by atoms with Crippen LogP contribution in [0.1, 0.15) is 36.8 Å². The summed E-state index contributed by atoms with van der Waals surface area (Å²) in [5.74, 6) is 0.516. The third-order valence-electron chi connectivity index (χ3n) is 4.82. The Balaban J connectivity index is 2.03. The number of primary amides is 1. The zero-order valence-corrected chi connectivity index (χ0v) is 12.1. The number of hydrogen-bond acceptors (Lipinski definition) is 3. The Hall–Kier alpha value is -1.55.